The van der Waals surface area contributed by atoms with Crippen molar-refractivity contribution < 1.29 is 5.11 Å². The number of hydrogen-bond donors (Lipinski definition) is 1. The number of aromatic nitrogens is 4. The molecule has 0 radical (unpaired) electrons. The molecular weight excluding hydrogens is 236 g/mol. The predicted molar refractivity (Wildman–Crippen MR) is 65.0 cm³/mol. The Hall–Kier alpha value is -2.00. The zero-order chi connectivity index (χ0) is 12.1. The van der Waals surface area contributed by atoms with Crippen molar-refractivity contribution in [1.29, 1.82) is 0 Å². The van der Waals surface area contributed by atoms with Gasteiger partial charge in [-0.15, -0.1) is 11.0 Å². The Morgan fingerprint density at radius 3 is 2.82 bits per heavy atom. The molecule has 5 nitrogen and oxygen atoms in total. The molecule has 1 N–H and O–H groups in total. The van der Waals surface area contributed by atoms with E-state index in [-0.39, 0.29) is 5.75 Å². The first kappa shape index (κ1) is 11.5. The van der Waals surface area contributed by atoms with Crippen molar-refractivity contribution in [2.45, 2.75) is 12.1 Å². The summed E-state index contributed by atoms with van der Waals surface area (Å²) in [5.41, 5.74) is 0.805. The Bertz CT molecular complexity index is 553. The number of rotatable bonds is 3. The van der Waals surface area contributed by atoms with Crippen molar-refractivity contribution in [3.8, 4) is 23.3 Å². The van der Waals surface area contributed by atoms with Crippen LogP contribution in [-0.2, 0) is 0 Å². The molecule has 0 fully saturated rings. The van der Waals surface area contributed by atoms with Gasteiger partial charge < -0.3 is 5.11 Å². The van der Waals surface area contributed by atoms with E-state index in [2.05, 4.69) is 27.4 Å². The van der Waals surface area contributed by atoms with E-state index in [1.54, 1.807) is 35.9 Å². The summed E-state index contributed by atoms with van der Waals surface area (Å²) < 4.78 is 1.61. The topological polar surface area (TPSA) is 63.8 Å². The Labute approximate surface area is 103 Å². The first-order valence-electron chi connectivity index (χ1n) is 4.91. The Balaban J connectivity index is 2.23. The van der Waals surface area contributed by atoms with Crippen LogP contribution in [0.25, 0.3) is 5.69 Å². The fraction of sp³-hybridized carbons (Fsp3) is 0.182. The fourth-order valence-corrected chi connectivity index (χ4v) is 1.90. The number of phenolic OH excluding ortho intramolecular Hbond substituents is 1. The van der Waals surface area contributed by atoms with Crippen LogP contribution in [0.4, 0.5) is 0 Å². The van der Waals surface area contributed by atoms with E-state index in [0.717, 1.165) is 5.69 Å². The van der Waals surface area contributed by atoms with E-state index in [1.807, 2.05) is 0 Å². The monoisotopic (exact) mass is 246 g/mol. The molecule has 0 atom stereocenters. The van der Waals surface area contributed by atoms with Gasteiger partial charge in [0.05, 0.1) is 11.4 Å². The van der Waals surface area contributed by atoms with Crippen LogP contribution in [0, 0.1) is 11.8 Å². The van der Waals surface area contributed by atoms with E-state index in [4.69, 9.17) is 0 Å². The van der Waals surface area contributed by atoms with Crippen LogP contribution >= 0.6 is 11.8 Å². The number of tetrazole rings is 1. The van der Waals surface area contributed by atoms with Gasteiger partial charge in [-0.05, 0) is 41.6 Å². The van der Waals surface area contributed by atoms with Crippen molar-refractivity contribution in [2.75, 3.05) is 5.75 Å². The van der Waals surface area contributed by atoms with E-state index in [9.17, 15) is 5.11 Å². The minimum absolute atomic E-state index is 0.216. The number of hydrogen-bond acceptors (Lipinski definition) is 5. The third-order valence-electron chi connectivity index (χ3n) is 1.99. The molecule has 2 rings (SSSR count). The molecule has 0 spiro atoms. The van der Waals surface area contributed by atoms with Crippen LogP contribution in [0.1, 0.15) is 6.92 Å². The van der Waals surface area contributed by atoms with Crippen LogP contribution in [0.5, 0.6) is 5.75 Å². The summed E-state index contributed by atoms with van der Waals surface area (Å²) >= 11 is 1.47. The average molecular weight is 246 g/mol. The van der Waals surface area contributed by atoms with E-state index < -0.39 is 0 Å². The molecular formula is C11H10N4OS. The van der Waals surface area contributed by atoms with Gasteiger partial charge in [-0.1, -0.05) is 17.7 Å². The molecule has 0 aliphatic heterocycles. The second-order valence-corrected chi connectivity index (χ2v) is 4.05. The van der Waals surface area contributed by atoms with Crippen molar-refractivity contribution >= 4 is 11.8 Å². The number of thioether (sulfide) groups is 1. The van der Waals surface area contributed by atoms with Crippen LogP contribution in [0.2, 0.25) is 0 Å². The summed E-state index contributed by atoms with van der Waals surface area (Å²) in [5, 5.41) is 21.3. The highest BCUT2D eigenvalue weighted by atomic mass is 32.2. The third-order valence-corrected chi connectivity index (χ3v) is 2.79. The second kappa shape index (κ2) is 5.37. The summed E-state index contributed by atoms with van der Waals surface area (Å²) in [4.78, 5) is 0. The first-order chi connectivity index (χ1) is 8.31. The summed E-state index contributed by atoms with van der Waals surface area (Å²) in [7, 11) is 0. The largest absolute Gasteiger partial charge is 0.508 e. The van der Waals surface area contributed by atoms with Gasteiger partial charge in [0.15, 0.2) is 0 Å². The second-order valence-electron chi connectivity index (χ2n) is 3.11. The predicted octanol–water partition coefficient (Wildman–Crippen LogP) is 1.48. The highest BCUT2D eigenvalue weighted by molar-refractivity contribution is 7.99. The summed E-state index contributed by atoms with van der Waals surface area (Å²) in [6, 6.07) is 6.69. The molecule has 0 unspecified atom stereocenters. The molecule has 0 aliphatic rings. The van der Waals surface area contributed by atoms with Crippen LogP contribution in [0.3, 0.4) is 0 Å². The minimum Gasteiger partial charge on any atom is -0.508 e. The van der Waals surface area contributed by atoms with Crippen molar-refractivity contribution in [1.82, 2.24) is 20.2 Å². The molecule has 0 saturated heterocycles. The molecule has 0 amide bonds. The van der Waals surface area contributed by atoms with Gasteiger partial charge in [-0.2, -0.15) is 4.68 Å². The van der Waals surface area contributed by atoms with Crippen LogP contribution < -0.4 is 0 Å². The lowest BCUT2D eigenvalue weighted by Crippen LogP contribution is -1.98. The standard InChI is InChI=1S/C11H10N4OS/c1-2-3-8-17-11-12-13-14-15(11)9-4-6-10(16)7-5-9/h4-7,16H,8H2,1H3. The first-order valence-corrected chi connectivity index (χ1v) is 5.90. The minimum atomic E-state index is 0.216. The SMILES string of the molecule is CC#CCSc1nnnn1-c1ccc(O)cc1. The quantitative estimate of drug-likeness (QED) is 0.656. The molecule has 0 bridgehead atoms. The fourth-order valence-electron chi connectivity index (χ4n) is 1.20. The number of aromatic hydroxyl groups is 1. The van der Waals surface area contributed by atoms with Gasteiger partial charge in [0.25, 0.3) is 0 Å². The highest BCUT2D eigenvalue weighted by Gasteiger charge is 2.07. The number of benzene rings is 1. The number of phenols is 1. The summed E-state index contributed by atoms with van der Waals surface area (Å²) in [6.45, 7) is 1.80. The van der Waals surface area contributed by atoms with Gasteiger partial charge in [-0.3, -0.25) is 0 Å². The highest BCUT2D eigenvalue weighted by Crippen LogP contribution is 2.19. The maximum Gasteiger partial charge on any atom is 0.215 e. The third kappa shape index (κ3) is 2.77. The summed E-state index contributed by atoms with van der Waals surface area (Å²) in [5.74, 6) is 6.62. The lowest BCUT2D eigenvalue weighted by atomic mass is 10.3. The molecule has 6 heteroatoms. The lowest BCUT2D eigenvalue weighted by Gasteiger charge is -2.02. The molecule has 0 saturated carbocycles. The lowest BCUT2D eigenvalue weighted by molar-refractivity contribution is 0.475. The number of nitrogens with zero attached hydrogens (tertiary/aromatic N) is 4. The summed E-state index contributed by atoms with van der Waals surface area (Å²) in [6.07, 6.45) is 0. The maximum absolute atomic E-state index is 9.21. The molecule has 2 aromatic rings. The van der Waals surface area contributed by atoms with Gasteiger partial charge >= 0.3 is 0 Å². The Morgan fingerprint density at radius 1 is 1.35 bits per heavy atom. The maximum atomic E-state index is 9.21. The molecule has 1 aromatic carbocycles. The zero-order valence-electron chi connectivity index (χ0n) is 9.16. The van der Waals surface area contributed by atoms with Gasteiger partial charge in [0.1, 0.15) is 5.75 Å². The molecule has 86 valence electrons. The van der Waals surface area contributed by atoms with Crippen LogP contribution in [0.15, 0.2) is 29.4 Å². The van der Waals surface area contributed by atoms with Gasteiger partial charge in [0.2, 0.25) is 5.16 Å². The average Bonchev–Trinajstić information content (AvgIpc) is 2.79. The van der Waals surface area contributed by atoms with Crippen molar-refractivity contribution in [3.63, 3.8) is 0 Å². The van der Waals surface area contributed by atoms with Crippen LogP contribution in [-0.4, -0.2) is 31.1 Å². The molecule has 17 heavy (non-hydrogen) atoms. The van der Waals surface area contributed by atoms with Crippen molar-refractivity contribution in [2.24, 2.45) is 0 Å². The molecule has 1 aromatic heterocycles. The Morgan fingerprint density at radius 2 is 2.12 bits per heavy atom. The molecule has 1 heterocycles. The van der Waals surface area contributed by atoms with Gasteiger partial charge in [0, 0.05) is 0 Å². The smallest absolute Gasteiger partial charge is 0.215 e. The zero-order valence-corrected chi connectivity index (χ0v) is 9.98. The molecule has 0 aliphatic carbocycles. The normalized spacial score (nSPS) is 9.71. The van der Waals surface area contributed by atoms with E-state index in [1.165, 1.54) is 11.8 Å². The Kier molecular flexibility index (Phi) is 3.62. The van der Waals surface area contributed by atoms with E-state index in [0.29, 0.717) is 10.9 Å². The van der Waals surface area contributed by atoms with E-state index >= 15 is 0 Å². The van der Waals surface area contributed by atoms with Crippen molar-refractivity contribution in [3.05, 3.63) is 24.3 Å². The van der Waals surface area contributed by atoms with Gasteiger partial charge in [-0.25, -0.2) is 0 Å².